The molecule has 0 aliphatic carbocycles. The summed E-state index contributed by atoms with van der Waals surface area (Å²) in [7, 11) is 0. The predicted molar refractivity (Wildman–Crippen MR) is 96.0 cm³/mol. The number of nitrogens with zero attached hydrogens (tertiary/aromatic N) is 3. The molecule has 2 heterocycles. The van der Waals surface area contributed by atoms with E-state index in [1.165, 1.54) is 23.1 Å². The lowest BCUT2D eigenvalue weighted by atomic mass is 10.3. The molecule has 3 rings (SSSR count). The van der Waals surface area contributed by atoms with E-state index in [1.54, 1.807) is 0 Å². The molecule has 0 aromatic heterocycles. The number of ether oxygens (including phenoxy) is 1. The second kappa shape index (κ2) is 8.68. The lowest BCUT2D eigenvalue weighted by molar-refractivity contribution is -0.274. The van der Waals surface area contributed by atoms with Gasteiger partial charge >= 0.3 is 12.4 Å². The summed E-state index contributed by atoms with van der Waals surface area (Å²) in [5.41, 5.74) is -0.0449. The Kier molecular flexibility index (Phi) is 6.28. The fraction of sp³-hybridized carbons (Fsp3) is 0.556. The van der Waals surface area contributed by atoms with Gasteiger partial charge in [-0.3, -0.25) is 9.69 Å². The summed E-state index contributed by atoms with van der Waals surface area (Å²) in [6.07, 6.45) is -2.76. The number of carbonyl (C=O) groups is 2. The van der Waals surface area contributed by atoms with Gasteiger partial charge in [0.25, 0.3) is 0 Å². The van der Waals surface area contributed by atoms with Crippen LogP contribution < -0.4 is 10.1 Å². The highest BCUT2D eigenvalue weighted by atomic mass is 19.4. The van der Waals surface area contributed by atoms with E-state index in [0.29, 0.717) is 32.7 Å². The molecule has 2 aliphatic heterocycles. The van der Waals surface area contributed by atoms with Gasteiger partial charge in [0.2, 0.25) is 5.91 Å². The number of hydrogen-bond donors (Lipinski definition) is 1. The van der Waals surface area contributed by atoms with Gasteiger partial charge in [0.15, 0.2) is 5.75 Å². The van der Waals surface area contributed by atoms with Crippen molar-refractivity contribution in [2.24, 2.45) is 0 Å². The highest BCUT2D eigenvalue weighted by Crippen LogP contribution is 2.30. The minimum atomic E-state index is -4.84. The molecule has 7 nitrogen and oxygen atoms in total. The van der Waals surface area contributed by atoms with Crippen molar-refractivity contribution in [3.8, 4) is 5.75 Å². The zero-order valence-electron chi connectivity index (χ0n) is 15.4. The molecule has 0 saturated carbocycles. The van der Waals surface area contributed by atoms with Crippen molar-refractivity contribution in [3.63, 3.8) is 0 Å². The quantitative estimate of drug-likeness (QED) is 0.843. The molecule has 2 saturated heterocycles. The fourth-order valence-electron chi connectivity index (χ4n) is 3.34. The summed E-state index contributed by atoms with van der Waals surface area (Å²) in [6, 6.07) is 4.91. The number of amides is 3. The van der Waals surface area contributed by atoms with Crippen molar-refractivity contribution in [2.75, 3.05) is 51.1 Å². The molecule has 1 aromatic carbocycles. The Balaban J connectivity index is 1.50. The van der Waals surface area contributed by atoms with Crippen molar-refractivity contribution in [2.45, 2.75) is 19.2 Å². The monoisotopic (exact) mass is 400 g/mol. The third-order valence-electron chi connectivity index (χ3n) is 4.83. The maximum absolute atomic E-state index is 12.5. The standard InChI is InChI=1S/C18H23F3N4O3/c19-18(20,21)28-15-6-2-1-5-14(15)22-17(27)25-11-9-23(10-12-25)13-16(26)24-7-3-4-8-24/h1-2,5-6H,3-4,7-13H2,(H,22,27). The first-order chi connectivity index (χ1) is 13.3. The van der Waals surface area contributed by atoms with Crippen LogP contribution in [0.25, 0.3) is 0 Å². The van der Waals surface area contributed by atoms with Gasteiger partial charge in [0.05, 0.1) is 12.2 Å². The number of halogens is 3. The molecule has 0 bridgehead atoms. The van der Waals surface area contributed by atoms with Gasteiger partial charge in [-0.05, 0) is 25.0 Å². The molecule has 28 heavy (non-hydrogen) atoms. The maximum atomic E-state index is 12.5. The van der Waals surface area contributed by atoms with Crippen molar-refractivity contribution in [3.05, 3.63) is 24.3 Å². The second-order valence-electron chi connectivity index (χ2n) is 6.83. The fourth-order valence-corrected chi connectivity index (χ4v) is 3.34. The first-order valence-electron chi connectivity index (χ1n) is 9.23. The van der Waals surface area contributed by atoms with Gasteiger partial charge in [0.1, 0.15) is 0 Å². The lowest BCUT2D eigenvalue weighted by Crippen LogP contribution is -2.52. The van der Waals surface area contributed by atoms with Crippen LogP contribution in [0.4, 0.5) is 23.7 Å². The van der Waals surface area contributed by atoms with Crippen LogP contribution >= 0.6 is 0 Å². The van der Waals surface area contributed by atoms with Gasteiger partial charge in [-0.2, -0.15) is 0 Å². The van der Waals surface area contributed by atoms with Crippen molar-refractivity contribution >= 4 is 17.6 Å². The second-order valence-corrected chi connectivity index (χ2v) is 6.83. The Hall–Kier alpha value is -2.49. The van der Waals surface area contributed by atoms with E-state index < -0.39 is 18.1 Å². The Morgan fingerprint density at radius 1 is 0.964 bits per heavy atom. The van der Waals surface area contributed by atoms with E-state index in [2.05, 4.69) is 10.1 Å². The van der Waals surface area contributed by atoms with Crippen molar-refractivity contribution < 1.29 is 27.5 Å². The van der Waals surface area contributed by atoms with Gasteiger partial charge in [-0.15, -0.1) is 13.2 Å². The average Bonchev–Trinajstić information content (AvgIpc) is 3.17. The topological polar surface area (TPSA) is 65.1 Å². The van der Waals surface area contributed by atoms with Crippen molar-refractivity contribution in [1.82, 2.24) is 14.7 Å². The average molecular weight is 400 g/mol. The van der Waals surface area contributed by atoms with Gasteiger partial charge in [0, 0.05) is 39.3 Å². The Labute approximate surface area is 161 Å². The zero-order chi connectivity index (χ0) is 20.1. The Morgan fingerprint density at radius 3 is 2.25 bits per heavy atom. The number of urea groups is 1. The summed E-state index contributed by atoms with van der Waals surface area (Å²) < 4.78 is 41.4. The number of nitrogens with one attached hydrogen (secondary N) is 1. The molecule has 1 aromatic rings. The third-order valence-corrected chi connectivity index (χ3v) is 4.83. The molecule has 154 valence electrons. The summed E-state index contributed by atoms with van der Waals surface area (Å²) in [4.78, 5) is 30.0. The molecular formula is C18H23F3N4O3. The number of benzene rings is 1. The Bertz CT molecular complexity index is 700. The van der Waals surface area contributed by atoms with E-state index in [-0.39, 0.29) is 11.6 Å². The summed E-state index contributed by atoms with van der Waals surface area (Å²) in [5, 5.41) is 2.47. The first-order valence-corrected chi connectivity index (χ1v) is 9.23. The Morgan fingerprint density at radius 2 is 1.61 bits per heavy atom. The van der Waals surface area contributed by atoms with Crippen LogP contribution in [0, 0.1) is 0 Å². The van der Waals surface area contributed by atoms with E-state index in [4.69, 9.17) is 0 Å². The molecular weight excluding hydrogens is 377 g/mol. The number of alkyl halides is 3. The van der Waals surface area contributed by atoms with Gasteiger partial charge in [-0.25, -0.2) is 4.79 Å². The molecule has 3 amide bonds. The van der Waals surface area contributed by atoms with Crippen LogP contribution in [0.5, 0.6) is 5.75 Å². The lowest BCUT2D eigenvalue weighted by Gasteiger charge is -2.35. The number of likely N-dealkylation sites (tertiary alicyclic amines) is 1. The summed E-state index contributed by atoms with van der Waals surface area (Å²) in [6.45, 7) is 3.79. The van der Waals surface area contributed by atoms with Crippen LogP contribution in [-0.2, 0) is 4.79 Å². The molecule has 0 unspecified atom stereocenters. The first kappa shape index (κ1) is 20.2. The number of piperazine rings is 1. The number of hydrogen-bond acceptors (Lipinski definition) is 4. The summed E-state index contributed by atoms with van der Waals surface area (Å²) in [5.74, 6) is -0.355. The number of anilines is 1. The maximum Gasteiger partial charge on any atom is 0.573 e. The SMILES string of the molecule is O=C(CN1CCN(C(=O)Nc2ccccc2OC(F)(F)F)CC1)N1CCCC1. The minimum Gasteiger partial charge on any atom is -0.404 e. The van der Waals surface area contributed by atoms with E-state index in [9.17, 15) is 22.8 Å². The zero-order valence-corrected chi connectivity index (χ0v) is 15.4. The van der Waals surface area contributed by atoms with Gasteiger partial charge < -0.3 is 19.9 Å². The van der Waals surface area contributed by atoms with Crippen LogP contribution in [0.1, 0.15) is 12.8 Å². The molecule has 0 spiro atoms. The number of carbonyl (C=O) groups excluding carboxylic acids is 2. The molecule has 1 N–H and O–H groups in total. The van der Waals surface area contributed by atoms with Crippen LogP contribution in [0.2, 0.25) is 0 Å². The predicted octanol–water partition coefficient (Wildman–Crippen LogP) is 2.36. The van der Waals surface area contributed by atoms with Crippen LogP contribution in [0.15, 0.2) is 24.3 Å². The van der Waals surface area contributed by atoms with E-state index in [0.717, 1.165) is 32.0 Å². The number of para-hydroxylation sites is 2. The highest BCUT2D eigenvalue weighted by molar-refractivity contribution is 5.91. The van der Waals surface area contributed by atoms with E-state index in [1.807, 2.05) is 9.80 Å². The summed E-state index contributed by atoms with van der Waals surface area (Å²) >= 11 is 0. The van der Waals surface area contributed by atoms with Crippen LogP contribution in [-0.4, -0.2) is 78.8 Å². The molecule has 2 fully saturated rings. The van der Waals surface area contributed by atoms with Crippen LogP contribution in [0.3, 0.4) is 0 Å². The molecule has 2 aliphatic rings. The van der Waals surface area contributed by atoms with Gasteiger partial charge in [-0.1, -0.05) is 12.1 Å². The smallest absolute Gasteiger partial charge is 0.404 e. The largest absolute Gasteiger partial charge is 0.573 e. The number of rotatable bonds is 4. The third kappa shape index (κ3) is 5.51. The highest BCUT2D eigenvalue weighted by Gasteiger charge is 2.32. The van der Waals surface area contributed by atoms with Crippen molar-refractivity contribution in [1.29, 1.82) is 0 Å². The molecule has 0 radical (unpaired) electrons. The minimum absolute atomic E-state index is 0.0449. The molecule has 0 atom stereocenters. The van der Waals surface area contributed by atoms with E-state index >= 15 is 0 Å². The normalized spacial score (nSPS) is 18.2. The molecule has 10 heteroatoms.